The van der Waals surface area contributed by atoms with Crippen LogP contribution in [0.3, 0.4) is 0 Å². The molecule has 0 saturated heterocycles. The Morgan fingerprint density at radius 1 is 1.43 bits per heavy atom. The Morgan fingerprint density at radius 3 is 3.05 bits per heavy atom. The fourth-order valence-corrected chi connectivity index (χ4v) is 3.15. The van der Waals surface area contributed by atoms with Crippen LogP contribution >= 0.6 is 0 Å². The Labute approximate surface area is 125 Å². The zero-order chi connectivity index (χ0) is 14.7. The molecule has 2 unspecified atom stereocenters. The van der Waals surface area contributed by atoms with Crippen molar-refractivity contribution in [1.82, 2.24) is 15.3 Å². The van der Waals surface area contributed by atoms with E-state index in [0.717, 1.165) is 30.8 Å². The highest BCUT2D eigenvalue weighted by molar-refractivity contribution is 5.37. The molecule has 21 heavy (non-hydrogen) atoms. The standard InChI is InChI=1S/C17H23N3O/c1-3-16(17-18-8-9-19-17)20-14-6-4-12-5-7-15(21-2)11-13(12)10-14/h5,7-9,11,14,16,20H,3-4,6,10H2,1-2H3,(H,18,19). The van der Waals surface area contributed by atoms with Gasteiger partial charge in [-0.05, 0) is 48.9 Å². The third-order valence-corrected chi connectivity index (χ3v) is 4.34. The van der Waals surface area contributed by atoms with Crippen LogP contribution in [0.1, 0.15) is 42.8 Å². The van der Waals surface area contributed by atoms with Crippen LogP contribution in [0.15, 0.2) is 30.6 Å². The molecule has 1 aliphatic rings. The molecule has 0 bridgehead atoms. The summed E-state index contributed by atoms with van der Waals surface area (Å²) in [5, 5.41) is 3.75. The summed E-state index contributed by atoms with van der Waals surface area (Å²) in [6, 6.07) is 7.24. The monoisotopic (exact) mass is 285 g/mol. The van der Waals surface area contributed by atoms with Gasteiger partial charge in [-0.3, -0.25) is 0 Å². The molecule has 1 aromatic heterocycles. The van der Waals surface area contributed by atoms with Crippen molar-refractivity contribution < 1.29 is 4.74 Å². The molecule has 4 heteroatoms. The summed E-state index contributed by atoms with van der Waals surface area (Å²) >= 11 is 0. The van der Waals surface area contributed by atoms with Gasteiger partial charge >= 0.3 is 0 Å². The minimum Gasteiger partial charge on any atom is -0.497 e. The van der Waals surface area contributed by atoms with E-state index in [-0.39, 0.29) is 0 Å². The number of imidazole rings is 1. The molecule has 112 valence electrons. The third-order valence-electron chi connectivity index (χ3n) is 4.34. The minimum atomic E-state index is 0.303. The number of fused-ring (bicyclic) bond motifs is 1. The zero-order valence-electron chi connectivity index (χ0n) is 12.7. The van der Waals surface area contributed by atoms with Crippen LogP contribution in [0, 0.1) is 0 Å². The molecule has 0 radical (unpaired) electrons. The lowest BCUT2D eigenvalue weighted by Crippen LogP contribution is -2.37. The van der Waals surface area contributed by atoms with E-state index in [4.69, 9.17) is 4.74 Å². The number of H-pyrrole nitrogens is 1. The van der Waals surface area contributed by atoms with Gasteiger partial charge in [0.25, 0.3) is 0 Å². The minimum absolute atomic E-state index is 0.303. The molecule has 0 amide bonds. The van der Waals surface area contributed by atoms with Gasteiger partial charge in [-0.2, -0.15) is 0 Å². The number of rotatable bonds is 5. The van der Waals surface area contributed by atoms with Crippen molar-refractivity contribution in [3.63, 3.8) is 0 Å². The van der Waals surface area contributed by atoms with Crippen LogP contribution in [0.5, 0.6) is 5.75 Å². The maximum atomic E-state index is 5.34. The normalized spacial score (nSPS) is 19.0. The Balaban J connectivity index is 1.70. The van der Waals surface area contributed by atoms with Crippen LogP contribution in [-0.2, 0) is 12.8 Å². The first kappa shape index (κ1) is 14.1. The number of hydrogen-bond acceptors (Lipinski definition) is 3. The third kappa shape index (κ3) is 3.10. The number of aromatic nitrogens is 2. The highest BCUT2D eigenvalue weighted by Crippen LogP contribution is 2.27. The summed E-state index contributed by atoms with van der Waals surface area (Å²) in [6.45, 7) is 2.19. The molecular weight excluding hydrogens is 262 g/mol. The Hall–Kier alpha value is -1.81. The van der Waals surface area contributed by atoms with Gasteiger partial charge in [-0.1, -0.05) is 13.0 Å². The summed E-state index contributed by atoms with van der Waals surface area (Å²) in [6.07, 6.45) is 8.11. The first-order valence-corrected chi connectivity index (χ1v) is 7.71. The highest BCUT2D eigenvalue weighted by Gasteiger charge is 2.22. The Bertz CT molecular complexity index is 580. The SMILES string of the molecule is CCC(NC1CCc2ccc(OC)cc2C1)c1ncc[nH]1. The second-order valence-electron chi connectivity index (χ2n) is 5.68. The molecule has 2 atom stereocenters. The number of ether oxygens (including phenoxy) is 1. The molecule has 0 fully saturated rings. The lowest BCUT2D eigenvalue weighted by molar-refractivity contribution is 0.380. The molecular formula is C17H23N3O. The van der Waals surface area contributed by atoms with Gasteiger partial charge in [0.2, 0.25) is 0 Å². The number of methoxy groups -OCH3 is 1. The molecule has 2 aromatic rings. The van der Waals surface area contributed by atoms with E-state index in [1.165, 1.54) is 17.5 Å². The highest BCUT2D eigenvalue weighted by atomic mass is 16.5. The van der Waals surface area contributed by atoms with Crippen molar-refractivity contribution in [2.24, 2.45) is 0 Å². The van der Waals surface area contributed by atoms with Gasteiger partial charge in [0.05, 0.1) is 13.2 Å². The van der Waals surface area contributed by atoms with Gasteiger partial charge in [-0.25, -0.2) is 4.98 Å². The average Bonchev–Trinajstić information content (AvgIpc) is 3.06. The molecule has 1 aliphatic carbocycles. The summed E-state index contributed by atoms with van der Waals surface area (Å²) in [5.74, 6) is 1.99. The van der Waals surface area contributed by atoms with Gasteiger partial charge in [-0.15, -0.1) is 0 Å². The topological polar surface area (TPSA) is 49.9 Å². The van der Waals surface area contributed by atoms with Crippen molar-refractivity contribution in [3.05, 3.63) is 47.5 Å². The van der Waals surface area contributed by atoms with Crippen molar-refractivity contribution >= 4 is 0 Å². The zero-order valence-corrected chi connectivity index (χ0v) is 12.7. The lowest BCUT2D eigenvalue weighted by atomic mass is 9.87. The fraction of sp³-hybridized carbons (Fsp3) is 0.471. The van der Waals surface area contributed by atoms with E-state index in [9.17, 15) is 0 Å². The second kappa shape index (κ2) is 6.31. The number of nitrogens with one attached hydrogen (secondary N) is 2. The van der Waals surface area contributed by atoms with Crippen LogP contribution in [0.2, 0.25) is 0 Å². The summed E-state index contributed by atoms with van der Waals surface area (Å²) in [7, 11) is 1.73. The molecule has 1 aromatic carbocycles. The quantitative estimate of drug-likeness (QED) is 0.888. The summed E-state index contributed by atoms with van der Waals surface area (Å²) in [4.78, 5) is 7.61. The number of nitrogens with zero attached hydrogens (tertiary/aromatic N) is 1. The van der Waals surface area contributed by atoms with Gasteiger partial charge in [0.15, 0.2) is 0 Å². The smallest absolute Gasteiger partial charge is 0.123 e. The van der Waals surface area contributed by atoms with Crippen LogP contribution in [0.4, 0.5) is 0 Å². The van der Waals surface area contributed by atoms with Gasteiger partial charge in [0.1, 0.15) is 11.6 Å². The van der Waals surface area contributed by atoms with E-state index in [0.29, 0.717) is 12.1 Å². The average molecular weight is 285 g/mol. The van der Waals surface area contributed by atoms with E-state index in [1.807, 2.05) is 12.4 Å². The summed E-state index contributed by atoms with van der Waals surface area (Å²) in [5.41, 5.74) is 2.87. The first-order valence-electron chi connectivity index (χ1n) is 7.71. The second-order valence-corrected chi connectivity index (χ2v) is 5.68. The molecule has 3 rings (SSSR count). The summed E-state index contributed by atoms with van der Waals surface area (Å²) < 4.78 is 5.34. The molecule has 2 N–H and O–H groups in total. The van der Waals surface area contributed by atoms with Gasteiger partial charge in [0, 0.05) is 18.4 Å². The van der Waals surface area contributed by atoms with Crippen LogP contribution < -0.4 is 10.1 Å². The van der Waals surface area contributed by atoms with Crippen LogP contribution in [0.25, 0.3) is 0 Å². The van der Waals surface area contributed by atoms with E-state index in [1.54, 1.807) is 7.11 Å². The lowest BCUT2D eigenvalue weighted by Gasteiger charge is -2.29. The predicted octanol–water partition coefficient (Wildman–Crippen LogP) is 3.02. The number of benzene rings is 1. The maximum Gasteiger partial charge on any atom is 0.123 e. The van der Waals surface area contributed by atoms with Crippen molar-refractivity contribution in [1.29, 1.82) is 0 Å². The molecule has 0 spiro atoms. The van der Waals surface area contributed by atoms with Crippen molar-refractivity contribution in [2.75, 3.05) is 7.11 Å². The van der Waals surface area contributed by atoms with Crippen LogP contribution in [-0.4, -0.2) is 23.1 Å². The van der Waals surface area contributed by atoms with E-state index < -0.39 is 0 Å². The van der Waals surface area contributed by atoms with E-state index >= 15 is 0 Å². The maximum absolute atomic E-state index is 5.34. The first-order chi connectivity index (χ1) is 10.3. The van der Waals surface area contributed by atoms with Crippen molar-refractivity contribution in [3.8, 4) is 5.75 Å². The van der Waals surface area contributed by atoms with Crippen molar-refractivity contribution in [2.45, 2.75) is 44.7 Å². The molecule has 4 nitrogen and oxygen atoms in total. The molecule has 0 aliphatic heterocycles. The molecule has 1 heterocycles. The number of aryl methyl sites for hydroxylation is 1. The predicted molar refractivity (Wildman–Crippen MR) is 83.6 cm³/mol. The Kier molecular flexibility index (Phi) is 4.25. The molecule has 0 saturated carbocycles. The van der Waals surface area contributed by atoms with Gasteiger partial charge < -0.3 is 15.0 Å². The van der Waals surface area contributed by atoms with E-state index in [2.05, 4.69) is 40.4 Å². The number of aromatic amines is 1. The number of hydrogen-bond donors (Lipinski definition) is 2. The largest absolute Gasteiger partial charge is 0.497 e. The fourth-order valence-electron chi connectivity index (χ4n) is 3.15. The Morgan fingerprint density at radius 2 is 2.33 bits per heavy atom.